The second-order valence-corrected chi connectivity index (χ2v) is 4.43. The summed E-state index contributed by atoms with van der Waals surface area (Å²) < 4.78 is 11.1. The van der Waals surface area contributed by atoms with Crippen LogP contribution in [0.4, 0.5) is 0 Å². The van der Waals surface area contributed by atoms with Crippen LogP contribution in [0.15, 0.2) is 12.1 Å². The van der Waals surface area contributed by atoms with Crippen LogP contribution >= 0.6 is 0 Å². The number of ether oxygens (including phenoxy) is 2. The summed E-state index contributed by atoms with van der Waals surface area (Å²) in [5.74, 6) is 2.53. The number of nitrogens with zero attached hydrogens (tertiary/aromatic N) is 2. The highest BCUT2D eigenvalue weighted by Gasteiger charge is 2.14. The number of hydrogen-bond donors (Lipinski definition) is 1. The summed E-state index contributed by atoms with van der Waals surface area (Å²) in [6.07, 6.45) is 0. The molecule has 0 atom stereocenters. The Morgan fingerprint density at radius 3 is 2.65 bits per heavy atom. The molecular formula is C12H15N3O2. The van der Waals surface area contributed by atoms with Crippen molar-refractivity contribution < 1.29 is 9.47 Å². The molecule has 0 aliphatic carbocycles. The third-order valence-electron chi connectivity index (χ3n) is 2.66. The van der Waals surface area contributed by atoms with Gasteiger partial charge in [-0.3, -0.25) is 0 Å². The van der Waals surface area contributed by atoms with E-state index in [1.54, 1.807) is 0 Å². The lowest BCUT2D eigenvalue weighted by Gasteiger charge is -2.17. The Balaban J connectivity index is 2.03. The second kappa shape index (κ2) is 3.92. The van der Waals surface area contributed by atoms with E-state index < -0.39 is 0 Å². The molecule has 1 aliphatic rings. The average Bonchev–Trinajstić information content (AvgIpc) is 2.65. The topological polar surface area (TPSA) is 50.4 Å². The number of rotatable bonds is 2. The number of hydrogen-bond acceptors (Lipinski definition) is 4. The van der Waals surface area contributed by atoms with Crippen molar-refractivity contribution in [2.45, 2.75) is 6.54 Å². The fraction of sp³-hybridized carbons (Fsp3) is 0.417. The van der Waals surface area contributed by atoms with E-state index >= 15 is 0 Å². The Labute approximate surface area is 99.3 Å². The number of nitrogens with one attached hydrogen (secondary N) is 1. The van der Waals surface area contributed by atoms with Gasteiger partial charge >= 0.3 is 0 Å². The maximum atomic E-state index is 5.54. The fourth-order valence-electron chi connectivity index (χ4n) is 1.97. The molecule has 0 unspecified atom stereocenters. The summed E-state index contributed by atoms with van der Waals surface area (Å²) in [4.78, 5) is 9.89. The van der Waals surface area contributed by atoms with Gasteiger partial charge in [-0.25, -0.2) is 4.98 Å². The fourth-order valence-corrected chi connectivity index (χ4v) is 1.97. The quantitative estimate of drug-likeness (QED) is 0.851. The Morgan fingerprint density at radius 2 is 1.94 bits per heavy atom. The van der Waals surface area contributed by atoms with Gasteiger partial charge in [0.15, 0.2) is 11.5 Å². The first-order valence-corrected chi connectivity index (χ1v) is 5.65. The van der Waals surface area contributed by atoms with Crippen molar-refractivity contribution in [2.75, 3.05) is 27.3 Å². The summed E-state index contributed by atoms with van der Waals surface area (Å²) in [5.41, 5.74) is 1.91. The van der Waals surface area contributed by atoms with Crippen molar-refractivity contribution in [2.24, 2.45) is 0 Å². The predicted molar refractivity (Wildman–Crippen MR) is 64.5 cm³/mol. The lowest BCUT2D eigenvalue weighted by atomic mass is 10.2. The third kappa shape index (κ3) is 1.93. The van der Waals surface area contributed by atoms with Gasteiger partial charge in [-0.05, 0) is 14.1 Å². The van der Waals surface area contributed by atoms with Crippen LogP contribution in [0.3, 0.4) is 0 Å². The SMILES string of the molecule is CN(C)Cc1nc2cc3c(cc2[nH]1)OCCO3. The summed E-state index contributed by atoms with van der Waals surface area (Å²) in [7, 11) is 4.04. The van der Waals surface area contributed by atoms with Crippen molar-refractivity contribution in [1.29, 1.82) is 0 Å². The molecule has 5 nitrogen and oxygen atoms in total. The van der Waals surface area contributed by atoms with Crippen molar-refractivity contribution in [3.8, 4) is 11.5 Å². The smallest absolute Gasteiger partial charge is 0.163 e. The molecule has 0 radical (unpaired) electrons. The molecule has 0 amide bonds. The molecule has 0 bridgehead atoms. The lowest BCUT2D eigenvalue weighted by Crippen LogP contribution is -2.15. The van der Waals surface area contributed by atoms with Crippen LogP contribution in [0.25, 0.3) is 11.0 Å². The van der Waals surface area contributed by atoms with Crippen molar-refractivity contribution in [1.82, 2.24) is 14.9 Å². The second-order valence-electron chi connectivity index (χ2n) is 4.43. The highest BCUT2D eigenvalue weighted by Crippen LogP contribution is 2.33. The van der Waals surface area contributed by atoms with Crippen molar-refractivity contribution in [3.05, 3.63) is 18.0 Å². The van der Waals surface area contributed by atoms with E-state index in [4.69, 9.17) is 9.47 Å². The van der Waals surface area contributed by atoms with Crippen molar-refractivity contribution >= 4 is 11.0 Å². The molecule has 3 rings (SSSR count). The highest BCUT2D eigenvalue weighted by molar-refractivity contribution is 5.79. The van der Waals surface area contributed by atoms with Gasteiger partial charge in [0, 0.05) is 12.1 Å². The molecule has 90 valence electrons. The van der Waals surface area contributed by atoms with Crippen LogP contribution < -0.4 is 9.47 Å². The summed E-state index contributed by atoms with van der Waals surface area (Å²) in [6.45, 7) is 2.01. The molecule has 17 heavy (non-hydrogen) atoms. The van der Waals surface area contributed by atoms with Gasteiger partial charge in [-0.2, -0.15) is 0 Å². The summed E-state index contributed by atoms with van der Waals surface area (Å²) >= 11 is 0. The zero-order valence-electron chi connectivity index (χ0n) is 9.99. The maximum absolute atomic E-state index is 5.54. The Bertz CT molecular complexity index is 505. The molecule has 1 aromatic carbocycles. The van der Waals surface area contributed by atoms with E-state index in [2.05, 4.69) is 14.9 Å². The molecule has 0 spiro atoms. The van der Waals surface area contributed by atoms with Gasteiger partial charge in [0.25, 0.3) is 0 Å². The van der Waals surface area contributed by atoms with Gasteiger partial charge in [0.1, 0.15) is 19.0 Å². The molecule has 0 fully saturated rings. The average molecular weight is 233 g/mol. The Hall–Kier alpha value is -1.75. The molecule has 0 saturated carbocycles. The normalized spacial score (nSPS) is 14.5. The predicted octanol–water partition coefficient (Wildman–Crippen LogP) is 1.40. The molecule has 1 N–H and O–H groups in total. The number of benzene rings is 1. The summed E-state index contributed by atoms with van der Waals surface area (Å²) in [5, 5.41) is 0. The van der Waals surface area contributed by atoms with Crippen LogP contribution in [0.1, 0.15) is 5.82 Å². The third-order valence-corrected chi connectivity index (χ3v) is 2.66. The molecule has 5 heteroatoms. The monoisotopic (exact) mass is 233 g/mol. The van der Waals surface area contributed by atoms with Crippen LogP contribution in [0.2, 0.25) is 0 Å². The van der Waals surface area contributed by atoms with Crippen LogP contribution in [0, 0.1) is 0 Å². The first-order valence-electron chi connectivity index (χ1n) is 5.65. The lowest BCUT2D eigenvalue weighted by molar-refractivity contribution is 0.172. The highest BCUT2D eigenvalue weighted by atomic mass is 16.6. The van der Waals surface area contributed by atoms with E-state index in [-0.39, 0.29) is 0 Å². The van der Waals surface area contributed by atoms with E-state index in [0.717, 1.165) is 34.9 Å². The van der Waals surface area contributed by atoms with Gasteiger partial charge in [0.05, 0.1) is 17.6 Å². The minimum atomic E-state index is 0.605. The van der Waals surface area contributed by atoms with E-state index in [1.165, 1.54) is 0 Å². The van der Waals surface area contributed by atoms with Crippen molar-refractivity contribution in [3.63, 3.8) is 0 Å². The largest absolute Gasteiger partial charge is 0.486 e. The van der Waals surface area contributed by atoms with Gasteiger partial charge in [0.2, 0.25) is 0 Å². The molecule has 2 aromatic rings. The summed E-state index contributed by atoms with van der Waals surface area (Å²) in [6, 6.07) is 3.88. The van der Waals surface area contributed by atoms with Crippen LogP contribution in [0.5, 0.6) is 11.5 Å². The standard InChI is InChI=1S/C12H15N3O2/c1-15(2)7-12-13-8-5-10-11(6-9(8)14-12)17-4-3-16-10/h5-6H,3-4,7H2,1-2H3,(H,13,14). The van der Waals surface area contributed by atoms with E-state index in [9.17, 15) is 0 Å². The minimum Gasteiger partial charge on any atom is -0.486 e. The molecular weight excluding hydrogens is 218 g/mol. The van der Waals surface area contributed by atoms with E-state index in [1.807, 2.05) is 26.2 Å². The molecule has 0 saturated heterocycles. The molecule has 2 heterocycles. The molecule has 1 aliphatic heterocycles. The number of fused-ring (bicyclic) bond motifs is 2. The zero-order valence-corrected chi connectivity index (χ0v) is 9.99. The number of aromatic nitrogens is 2. The number of aromatic amines is 1. The number of H-pyrrole nitrogens is 1. The van der Waals surface area contributed by atoms with Crippen LogP contribution in [-0.4, -0.2) is 42.2 Å². The van der Waals surface area contributed by atoms with Crippen LogP contribution in [-0.2, 0) is 6.54 Å². The Kier molecular flexibility index (Phi) is 2.40. The zero-order chi connectivity index (χ0) is 11.8. The van der Waals surface area contributed by atoms with Gasteiger partial charge in [-0.1, -0.05) is 0 Å². The Morgan fingerprint density at radius 1 is 1.24 bits per heavy atom. The molecule has 1 aromatic heterocycles. The minimum absolute atomic E-state index is 0.605. The van der Waals surface area contributed by atoms with Gasteiger partial charge < -0.3 is 19.4 Å². The van der Waals surface area contributed by atoms with E-state index in [0.29, 0.717) is 13.2 Å². The number of imidazole rings is 1. The van der Waals surface area contributed by atoms with Gasteiger partial charge in [-0.15, -0.1) is 0 Å². The first kappa shape index (κ1) is 10.4. The first-order chi connectivity index (χ1) is 8.22. The maximum Gasteiger partial charge on any atom is 0.163 e.